The van der Waals surface area contributed by atoms with Crippen molar-refractivity contribution in [3.8, 4) is 0 Å². The Bertz CT molecular complexity index is 731. The van der Waals surface area contributed by atoms with E-state index in [0.29, 0.717) is 12.8 Å². The fourth-order valence-electron chi connectivity index (χ4n) is 2.83. The summed E-state index contributed by atoms with van der Waals surface area (Å²) in [6.07, 6.45) is 2.34. The Kier molecular flexibility index (Phi) is 5.34. The molecule has 9 heteroatoms. The van der Waals surface area contributed by atoms with Crippen molar-refractivity contribution < 1.29 is 18.0 Å². The number of sulfonamides is 1. The molecule has 1 aromatic heterocycles. The molecule has 1 fully saturated rings. The lowest BCUT2D eigenvalue weighted by molar-refractivity contribution is -0.126. The van der Waals surface area contributed by atoms with Gasteiger partial charge in [0.2, 0.25) is 15.9 Å². The largest absolute Gasteiger partial charge is 0.364 e. The number of aryl methyl sites for hydroxylation is 1. The Balaban J connectivity index is 2.09. The van der Waals surface area contributed by atoms with Gasteiger partial charge in [0.15, 0.2) is 0 Å². The van der Waals surface area contributed by atoms with E-state index in [1.807, 2.05) is 13.8 Å². The van der Waals surface area contributed by atoms with E-state index in [1.54, 1.807) is 7.05 Å². The molecule has 24 heavy (non-hydrogen) atoms. The minimum atomic E-state index is -3.70. The number of piperidine rings is 1. The number of amides is 2. The number of aromatic nitrogens is 1. The normalized spacial score (nSPS) is 17.2. The van der Waals surface area contributed by atoms with Crippen LogP contribution >= 0.6 is 0 Å². The molecule has 0 aliphatic carbocycles. The predicted molar refractivity (Wildman–Crippen MR) is 88.7 cm³/mol. The summed E-state index contributed by atoms with van der Waals surface area (Å²) in [7, 11) is -2.13. The molecule has 0 bridgehead atoms. The summed E-state index contributed by atoms with van der Waals surface area (Å²) in [6.45, 7) is 4.34. The molecule has 0 atom stereocenters. The van der Waals surface area contributed by atoms with Crippen LogP contribution in [-0.2, 0) is 21.9 Å². The zero-order valence-electron chi connectivity index (χ0n) is 14.2. The molecule has 134 valence electrons. The summed E-state index contributed by atoms with van der Waals surface area (Å²) in [6, 6.07) is 1.35. The Hall–Kier alpha value is -1.87. The van der Waals surface area contributed by atoms with Crippen LogP contribution in [0, 0.1) is 5.92 Å². The van der Waals surface area contributed by atoms with Crippen molar-refractivity contribution in [3.63, 3.8) is 0 Å². The topological polar surface area (TPSA) is 114 Å². The average Bonchev–Trinajstić information content (AvgIpc) is 2.89. The third-order valence-corrected chi connectivity index (χ3v) is 5.99. The Morgan fingerprint density at radius 3 is 2.33 bits per heavy atom. The highest BCUT2D eigenvalue weighted by molar-refractivity contribution is 7.89. The van der Waals surface area contributed by atoms with E-state index in [4.69, 9.17) is 5.73 Å². The van der Waals surface area contributed by atoms with E-state index in [-0.39, 0.29) is 41.5 Å². The molecule has 2 amide bonds. The van der Waals surface area contributed by atoms with Gasteiger partial charge in [0.05, 0.1) is 0 Å². The van der Waals surface area contributed by atoms with E-state index < -0.39 is 15.9 Å². The molecule has 1 aliphatic rings. The first-order valence-electron chi connectivity index (χ1n) is 7.89. The van der Waals surface area contributed by atoms with Crippen molar-refractivity contribution in [2.75, 3.05) is 13.1 Å². The van der Waals surface area contributed by atoms with Crippen LogP contribution in [0.25, 0.3) is 0 Å². The lowest BCUT2D eigenvalue weighted by Gasteiger charge is -2.30. The van der Waals surface area contributed by atoms with Gasteiger partial charge >= 0.3 is 0 Å². The van der Waals surface area contributed by atoms with Crippen LogP contribution in [0.3, 0.4) is 0 Å². The van der Waals surface area contributed by atoms with Crippen LogP contribution in [0.1, 0.15) is 37.2 Å². The molecule has 0 unspecified atom stereocenters. The Labute approximate surface area is 142 Å². The van der Waals surface area contributed by atoms with Crippen LogP contribution < -0.4 is 11.1 Å². The first-order chi connectivity index (χ1) is 11.1. The van der Waals surface area contributed by atoms with Crippen molar-refractivity contribution in [1.82, 2.24) is 14.2 Å². The smallest absolute Gasteiger partial charge is 0.265 e. The van der Waals surface area contributed by atoms with Gasteiger partial charge < -0.3 is 15.6 Å². The van der Waals surface area contributed by atoms with Crippen molar-refractivity contribution >= 4 is 21.8 Å². The number of hydrogen-bond donors (Lipinski definition) is 2. The number of hydrogen-bond acceptors (Lipinski definition) is 4. The van der Waals surface area contributed by atoms with Crippen LogP contribution in [0.2, 0.25) is 0 Å². The molecule has 0 spiro atoms. The highest BCUT2D eigenvalue weighted by atomic mass is 32.2. The molecule has 1 saturated heterocycles. The number of carbonyl (C=O) groups is 2. The highest BCUT2D eigenvalue weighted by Crippen LogP contribution is 2.25. The number of primary amides is 1. The summed E-state index contributed by atoms with van der Waals surface area (Å²) in [5.41, 5.74) is 5.37. The van der Waals surface area contributed by atoms with Gasteiger partial charge in [-0.15, -0.1) is 0 Å². The maximum Gasteiger partial charge on any atom is 0.265 e. The molecule has 8 nitrogen and oxygen atoms in total. The van der Waals surface area contributed by atoms with Crippen molar-refractivity contribution in [2.45, 2.75) is 37.6 Å². The van der Waals surface area contributed by atoms with Gasteiger partial charge in [-0.25, -0.2) is 8.42 Å². The number of nitrogens with one attached hydrogen (secondary N) is 1. The average molecular weight is 356 g/mol. The minimum absolute atomic E-state index is 0.0298. The van der Waals surface area contributed by atoms with Crippen LogP contribution in [0.4, 0.5) is 0 Å². The SMILES string of the molecule is CC(C)NC(=O)C1CCN(S(=O)(=O)c2cc(C(N)=O)n(C)c2)CC1. The Morgan fingerprint density at radius 2 is 1.88 bits per heavy atom. The molecule has 0 aromatic carbocycles. The molecule has 0 radical (unpaired) electrons. The summed E-state index contributed by atoms with van der Waals surface area (Å²) < 4.78 is 28.1. The second-order valence-corrected chi connectivity index (χ2v) is 8.32. The molecule has 0 saturated carbocycles. The molecule has 1 aromatic rings. The van der Waals surface area contributed by atoms with E-state index in [2.05, 4.69) is 5.32 Å². The second-order valence-electron chi connectivity index (χ2n) is 6.38. The van der Waals surface area contributed by atoms with E-state index in [1.165, 1.54) is 21.1 Å². The van der Waals surface area contributed by atoms with E-state index >= 15 is 0 Å². The zero-order chi connectivity index (χ0) is 18.1. The first-order valence-corrected chi connectivity index (χ1v) is 9.33. The van der Waals surface area contributed by atoms with Gasteiger partial charge in [0.25, 0.3) is 5.91 Å². The minimum Gasteiger partial charge on any atom is -0.364 e. The zero-order valence-corrected chi connectivity index (χ0v) is 15.0. The van der Waals surface area contributed by atoms with Crippen LogP contribution in [-0.4, -0.2) is 48.2 Å². The van der Waals surface area contributed by atoms with Crippen molar-refractivity contribution in [1.29, 1.82) is 0 Å². The Morgan fingerprint density at radius 1 is 1.29 bits per heavy atom. The van der Waals surface area contributed by atoms with Gasteiger partial charge in [-0.1, -0.05) is 0 Å². The van der Waals surface area contributed by atoms with Gasteiger partial charge in [-0.2, -0.15) is 4.31 Å². The maximum absolute atomic E-state index is 12.7. The van der Waals surface area contributed by atoms with Crippen LogP contribution in [0.15, 0.2) is 17.2 Å². The molecule has 3 N–H and O–H groups in total. The van der Waals surface area contributed by atoms with Gasteiger partial charge in [-0.05, 0) is 32.8 Å². The lowest BCUT2D eigenvalue weighted by Crippen LogP contribution is -2.44. The standard InChI is InChI=1S/C15H24N4O4S/c1-10(2)17-15(21)11-4-6-19(7-5-11)24(22,23)12-8-13(14(16)20)18(3)9-12/h8-11H,4-7H2,1-3H3,(H2,16,20)(H,17,21). The number of nitrogens with zero attached hydrogens (tertiary/aromatic N) is 2. The molecule has 2 rings (SSSR count). The number of carbonyl (C=O) groups excluding carboxylic acids is 2. The third kappa shape index (κ3) is 3.78. The number of nitrogens with two attached hydrogens (primary N) is 1. The first kappa shape index (κ1) is 18.5. The fraction of sp³-hybridized carbons (Fsp3) is 0.600. The molecular formula is C15H24N4O4S. The maximum atomic E-state index is 12.7. The van der Waals surface area contributed by atoms with E-state index in [0.717, 1.165) is 0 Å². The van der Waals surface area contributed by atoms with Crippen molar-refractivity contribution in [2.24, 2.45) is 18.7 Å². The summed E-state index contributed by atoms with van der Waals surface area (Å²) >= 11 is 0. The summed E-state index contributed by atoms with van der Waals surface area (Å²) in [4.78, 5) is 23.4. The van der Waals surface area contributed by atoms with Crippen LogP contribution in [0.5, 0.6) is 0 Å². The van der Waals surface area contributed by atoms with Gasteiger partial charge in [0, 0.05) is 38.3 Å². The molecule has 2 heterocycles. The lowest BCUT2D eigenvalue weighted by atomic mass is 9.97. The predicted octanol–water partition coefficient (Wildman–Crippen LogP) is 0.0493. The van der Waals surface area contributed by atoms with Crippen molar-refractivity contribution in [3.05, 3.63) is 18.0 Å². The number of rotatable bonds is 5. The van der Waals surface area contributed by atoms with E-state index in [9.17, 15) is 18.0 Å². The summed E-state index contributed by atoms with van der Waals surface area (Å²) in [5, 5.41) is 2.86. The van der Waals surface area contributed by atoms with Gasteiger partial charge in [-0.3, -0.25) is 9.59 Å². The third-order valence-electron chi connectivity index (χ3n) is 4.13. The van der Waals surface area contributed by atoms with Gasteiger partial charge in [0.1, 0.15) is 10.6 Å². The quantitative estimate of drug-likeness (QED) is 0.775. The fourth-order valence-corrected chi connectivity index (χ4v) is 4.37. The molecular weight excluding hydrogens is 332 g/mol. The summed E-state index contributed by atoms with van der Waals surface area (Å²) in [5.74, 6) is -0.878. The second kappa shape index (κ2) is 6.94. The molecule has 1 aliphatic heterocycles. The highest BCUT2D eigenvalue weighted by Gasteiger charge is 2.33. The monoisotopic (exact) mass is 356 g/mol.